The summed E-state index contributed by atoms with van der Waals surface area (Å²) in [5.74, 6) is 0.221. The molecule has 0 radical (unpaired) electrons. The molecule has 0 aromatic carbocycles. The second kappa shape index (κ2) is 7.67. The van der Waals surface area contributed by atoms with Crippen molar-refractivity contribution in [3.63, 3.8) is 0 Å². The topological polar surface area (TPSA) is 43.8 Å². The number of rotatable bonds is 8. The van der Waals surface area contributed by atoms with E-state index in [9.17, 15) is 9.90 Å². The minimum absolute atomic E-state index is 0.220. The van der Waals surface area contributed by atoms with Crippen LogP contribution in [0.2, 0.25) is 0 Å². The first-order valence-electron chi connectivity index (χ1n) is 6.85. The third kappa shape index (κ3) is 5.04. The summed E-state index contributed by atoms with van der Waals surface area (Å²) in [5, 5.41) is 9.19. The molecule has 17 heavy (non-hydrogen) atoms. The van der Waals surface area contributed by atoms with Crippen LogP contribution in [0.1, 0.15) is 39.5 Å². The van der Waals surface area contributed by atoms with Crippen molar-refractivity contribution in [2.45, 2.75) is 45.6 Å². The average molecular weight is 242 g/mol. The van der Waals surface area contributed by atoms with Crippen molar-refractivity contribution in [1.29, 1.82) is 0 Å². The van der Waals surface area contributed by atoms with E-state index in [0.717, 1.165) is 38.8 Å². The van der Waals surface area contributed by atoms with Gasteiger partial charge in [0.25, 0.3) is 0 Å². The Labute approximate surface area is 105 Å². The minimum atomic E-state index is -0.220. The molecule has 1 fully saturated rings. The van der Waals surface area contributed by atoms with Crippen LogP contribution in [0.4, 0.5) is 0 Å². The fraction of sp³-hybridized carbons (Fsp3) is 0.923. The SMILES string of the molecule is CCCCN(CCCC)C(=O)CN1CC(O)C1. The van der Waals surface area contributed by atoms with Crippen molar-refractivity contribution in [2.24, 2.45) is 0 Å². The summed E-state index contributed by atoms with van der Waals surface area (Å²) in [4.78, 5) is 16.1. The number of likely N-dealkylation sites (tertiary alicyclic amines) is 1. The van der Waals surface area contributed by atoms with E-state index in [1.165, 1.54) is 0 Å². The lowest BCUT2D eigenvalue weighted by Crippen LogP contribution is -2.54. The van der Waals surface area contributed by atoms with Crippen molar-refractivity contribution in [2.75, 3.05) is 32.7 Å². The highest BCUT2D eigenvalue weighted by Gasteiger charge is 2.27. The Kier molecular flexibility index (Phi) is 6.52. The molecular weight excluding hydrogens is 216 g/mol. The predicted octanol–water partition coefficient (Wildman–Crippen LogP) is 1.09. The van der Waals surface area contributed by atoms with Crippen LogP contribution in [0.15, 0.2) is 0 Å². The molecule has 1 aliphatic rings. The van der Waals surface area contributed by atoms with E-state index < -0.39 is 0 Å². The Hall–Kier alpha value is -0.610. The molecule has 0 bridgehead atoms. The van der Waals surface area contributed by atoms with Crippen LogP contribution >= 0.6 is 0 Å². The van der Waals surface area contributed by atoms with Gasteiger partial charge in [-0.25, -0.2) is 0 Å². The van der Waals surface area contributed by atoms with Crippen molar-refractivity contribution < 1.29 is 9.90 Å². The molecule has 1 saturated heterocycles. The van der Waals surface area contributed by atoms with Gasteiger partial charge in [-0.15, -0.1) is 0 Å². The van der Waals surface area contributed by atoms with Crippen LogP contribution < -0.4 is 0 Å². The average Bonchev–Trinajstić information content (AvgIpc) is 2.27. The van der Waals surface area contributed by atoms with Crippen LogP contribution in [-0.4, -0.2) is 59.6 Å². The maximum atomic E-state index is 12.1. The fourth-order valence-corrected chi connectivity index (χ4v) is 2.02. The number of hydrogen-bond donors (Lipinski definition) is 1. The van der Waals surface area contributed by atoms with E-state index in [-0.39, 0.29) is 12.0 Å². The number of unbranched alkanes of at least 4 members (excludes halogenated alkanes) is 2. The molecule has 1 rings (SSSR count). The van der Waals surface area contributed by atoms with Crippen molar-refractivity contribution in [3.8, 4) is 0 Å². The highest BCUT2D eigenvalue weighted by atomic mass is 16.3. The molecule has 0 atom stereocenters. The van der Waals surface area contributed by atoms with Gasteiger partial charge in [0.15, 0.2) is 0 Å². The zero-order chi connectivity index (χ0) is 12.7. The number of β-amino-alcohol motifs (C(OH)–C–C–N with tert-alkyl or cyclic N) is 1. The Morgan fingerprint density at radius 1 is 1.24 bits per heavy atom. The molecule has 0 spiro atoms. The standard InChI is InChI=1S/C13H26N2O2/c1-3-5-7-15(8-6-4-2)13(17)11-14-9-12(16)10-14/h12,16H,3-11H2,1-2H3. The zero-order valence-corrected chi connectivity index (χ0v) is 11.2. The van der Waals surface area contributed by atoms with Gasteiger partial charge < -0.3 is 10.0 Å². The van der Waals surface area contributed by atoms with Gasteiger partial charge in [0, 0.05) is 26.2 Å². The third-order valence-electron chi connectivity index (χ3n) is 3.21. The van der Waals surface area contributed by atoms with Gasteiger partial charge in [-0.2, -0.15) is 0 Å². The maximum absolute atomic E-state index is 12.1. The van der Waals surface area contributed by atoms with E-state index in [4.69, 9.17) is 0 Å². The summed E-state index contributed by atoms with van der Waals surface area (Å²) in [6, 6.07) is 0. The van der Waals surface area contributed by atoms with E-state index in [1.54, 1.807) is 0 Å². The number of amides is 1. The third-order valence-corrected chi connectivity index (χ3v) is 3.21. The summed E-state index contributed by atoms with van der Waals surface area (Å²) < 4.78 is 0. The Bertz CT molecular complexity index is 219. The molecule has 4 heteroatoms. The lowest BCUT2D eigenvalue weighted by molar-refractivity contribution is -0.135. The van der Waals surface area contributed by atoms with E-state index >= 15 is 0 Å². The molecule has 0 unspecified atom stereocenters. The number of carbonyl (C=O) groups excluding carboxylic acids is 1. The molecule has 0 aromatic rings. The van der Waals surface area contributed by atoms with Crippen LogP contribution in [0.3, 0.4) is 0 Å². The van der Waals surface area contributed by atoms with Gasteiger partial charge in [-0.3, -0.25) is 9.69 Å². The van der Waals surface area contributed by atoms with Gasteiger partial charge in [0.2, 0.25) is 5.91 Å². The van der Waals surface area contributed by atoms with Gasteiger partial charge in [-0.05, 0) is 12.8 Å². The Balaban J connectivity index is 2.30. The van der Waals surface area contributed by atoms with Gasteiger partial charge in [-0.1, -0.05) is 26.7 Å². The minimum Gasteiger partial charge on any atom is -0.390 e. The number of hydrogen-bond acceptors (Lipinski definition) is 3. The number of aliphatic hydroxyl groups excluding tert-OH is 1. The molecular formula is C13H26N2O2. The smallest absolute Gasteiger partial charge is 0.236 e. The first-order valence-corrected chi connectivity index (χ1v) is 6.85. The molecule has 4 nitrogen and oxygen atoms in total. The quantitative estimate of drug-likeness (QED) is 0.693. The summed E-state index contributed by atoms with van der Waals surface area (Å²) >= 11 is 0. The predicted molar refractivity (Wildman–Crippen MR) is 68.8 cm³/mol. The van der Waals surface area contributed by atoms with Gasteiger partial charge >= 0.3 is 0 Å². The lowest BCUT2D eigenvalue weighted by Gasteiger charge is -2.36. The lowest BCUT2D eigenvalue weighted by atomic mass is 10.1. The molecule has 1 N–H and O–H groups in total. The first-order chi connectivity index (χ1) is 8.17. The number of aliphatic hydroxyl groups is 1. The molecule has 0 aliphatic carbocycles. The normalized spacial score (nSPS) is 16.9. The van der Waals surface area contributed by atoms with Crippen LogP contribution in [0, 0.1) is 0 Å². The Morgan fingerprint density at radius 3 is 2.18 bits per heavy atom. The maximum Gasteiger partial charge on any atom is 0.236 e. The summed E-state index contributed by atoms with van der Waals surface area (Å²) in [6.07, 6.45) is 4.19. The molecule has 0 aromatic heterocycles. The Morgan fingerprint density at radius 2 is 1.76 bits per heavy atom. The van der Waals surface area contributed by atoms with Crippen LogP contribution in [0.5, 0.6) is 0 Å². The zero-order valence-electron chi connectivity index (χ0n) is 11.2. The molecule has 1 aliphatic heterocycles. The van der Waals surface area contributed by atoms with E-state index in [0.29, 0.717) is 19.6 Å². The fourth-order valence-electron chi connectivity index (χ4n) is 2.02. The molecule has 0 saturated carbocycles. The van der Waals surface area contributed by atoms with E-state index in [2.05, 4.69) is 13.8 Å². The van der Waals surface area contributed by atoms with E-state index in [1.807, 2.05) is 9.80 Å². The first kappa shape index (κ1) is 14.5. The monoisotopic (exact) mass is 242 g/mol. The largest absolute Gasteiger partial charge is 0.390 e. The summed E-state index contributed by atoms with van der Waals surface area (Å²) in [7, 11) is 0. The molecule has 100 valence electrons. The van der Waals surface area contributed by atoms with Gasteiger partial charge in [0.1, 0.15) is 0 Å². The van der Waals surface area contributed by atoms with Gasteiger partial charge in [0.05, 0.1) is 12.6 Å². The van der Waals surface area contributed by atoms with Crippen LogP contribution in [0.25, 0.3) is 0 Å². The number of nitrogens with zero attached hydrogens (tertiary/aromatic N) is 2. The highest BCUT2D eigenvalue weighted by molar-refractivity contribution is 5.78. The van der Waals surface area contributed by atoms with Crippen molar-refractivity contribution in [3.05, 3.63) is 0 Å². The molecule has 1 amide bonds. The van der Waals surface area contributed by atoms with Crippen molar-refractivity contribution in [1.82, 2.24) is 9.80 Å². The summed E-state index contributed by atoms with van der Waals surface area (Å²) in [5.41, 5.74) is 0. The molecule has 1 heterocycles. The van der Waals surface area contributed by atoms with Crippen molar-refractivity contribution >= 4 is 5.91 Å². The highest BCUT2D eigenvalue weighted by Crippen LogP contribution is 2.08. The second-order valence-corrected chi connectivity index (χ2v) is 4.94. The second-order valence-electron chi connectivity index (χ2n) is 4.94. The number of carbonyl (C=O) groups is 1. The summed E-state index contributed by atoms with van der Waals surface area (Å²) in [6.45, 7) is 7.84. The van der Waals surface area contributed by atoms with Crippen LogP contribution in [-0.2, 0) is 4.79 Å².